The Morgan fingerprint density at radius 1 is 1.03 bits per heavy atom. The highest BCUT2D eigenvalue weighted by Gasteiger charge is 2.28. The van der Waals surface area contributed by atoms with E-state index < -0.39 is 9.84 Å². The van der Waals surface area contributed by atoms with Gasteiger partial charge in [0.15, 0.2) is 0 Å². The van der Waals surface area contributed by atoms with Crippen molar-refractivity contribution in [2.75, 3.05) is 7.11 Å². The van der Waals surface area contributed by atoms with Crippen LogP contribution in [0.25, 0.3) is 0 Å². The summed E-state index contributed by atoms with van der Waals surface area (Å²) in [7, 11) is -2.10. The third kappa shape index (κ3) is 5.67. The summed E-state index contributed by atoms with van der Waals surface area (Å²) in [6.45, 7) is 9.92. The monoisotopic (exact) mass is 483 g/mol. The van der Waals surface area contributed by atoms with E-state index in [0.29, 0.717) is 22.6 Å². The van der Waals surface area contributed by atoms with Crippen molar-refractivity contribution >= 4 is 15.7 Å². The fraction of sp³-hybridized carbons (Fsp3) is 0.385. The van der Waals surface area contributed by atoms with Crippen LogP contribution in [0.5, 0.6) is 5.75 Å². The van der Waals surface area contributed by atoms with Crippen LogP contribution in [0.1, 0.15) is 60.9 Å². The summed E-state index contributed by atoms with van der Waals surface area (Å²) < 4.78 is 33.5. The minimum atomic E-state index is -3.68. The third-order valence-electron chi connectivity index (χ3n) is 5.66. The predicted octanol–water partition coefficient (Wildman–Crippen LogP) is 4.81. The Kier molecular flexibility index (Phi) is 7.82. The van der Waals surface area contributed by atoms with Gasteiger partial charge in [-0.25, -0.2) is 13.4 Å². The number of hydrogen-bond donors (Lipinski definition) is 0. The molecule has 0 atom stereocenters. The summed E-state index contributed by atoms with van der Waals surface area (Å²) in [5, 5.41) is 0.0266. The highest BCUT2D eigenvalue weighted by atomic mass is 32.2. The van der Waals surface area contributed by atoms with Crippen molar-refractivity contribution < 1.29 is 17.9 Å². The van der Waals surface area contributed by atoms with Crippen molar-refractivity contribution in [3.05, 3.63) is 77.1 Å². The number of hydrogen-bond acceptors (Lipinski definition) is 5. The molecule has 0 saturated carbocycles. The van der Waals surface area contributed by atoms with Crippen molar-refractivity contribution in [3.63, 3.8) is 0 Å². The molecule has 182 valence electrons. The Labute approximate surface area is 202 Å². The second kappa shape index (κ2) is 10.4. The van der Waals surface area contributed by atoms with Crippen molar-refractivity contribution in [2.45, 2.75) is 64.2 Å². The number of nitrogens with zero attached hydrogens (tertiary/aromatic N) is 3. The number of rotatable bonds is 9. The predicted molar refractivity (Wildman–Crippen MR) is 133 cm³/mol. The van der Waals surface area contributed by atoms with E-state index in [4.69, 9.17) is 4.74 Å². The molecule has 34 heavy (non-hydrogen) atoms. The molecule has 0 unspecified atom stereocenters. The Balaban J connectivity index is 1.92. The topological polar surface area (TPSA) is 81.5 Å². The zero-order chi connectivity index (χ0) is 25.0. The van der Waals surface area contributed by atoms with Crippen molar-refractivity contribution in [3.8, 4) is 5.75 Å². The van der Waals surface area contributed by atoms with Gasteiger partial charge in [-0.05, 0) is 64.4 Å². The van der Waals surface area contributed by atoms with Crippen LogP contribution >= 0.6 is 0 Å². The van der Waals surface area contributed by atoms with Crippen molar-refractivity contribution in [1.82, 2.24) is 14.5 Å². The van der Waals surface area contributed by atoms with Gasteiger partial charge in [-0.1, -0.05) is 29.8 Å². The molecule has 0 fully saturated rings. The number of aromatic nitrogens is 2. The maximum atomic E-state index is 13.3. The molecular weight excluding hydrogens is 450 g/mol. The Morgan fingerprint density at radius 3 is 2.18 bits per heavy atom. The van der Waals surface area contributed by atoms with Gasteiger partial charge >= 0.3 is 0 Å². The number of ether oxygens (including phenoxy) is 1. The zero-order valence-electron chi connectivity index (χ0n) is 20.6. The highest BCUT2D eigenvalue weighted by Crippen LogP contribution is 2.24. The Morgan fingerprint density at radius 2 is 1.65 bits per heavy atom. The number of carbonyl (C=O) groups is 1. The first-order valence-corrected chi connectivity index (χ1v) is 13.0. The first kappa shape index (κ1) is 25.5. The molecule has 8 heteroatoms. The molecule has 0 bridgehead atoms. The molecule has 2 aromatic carbocycles. The lowest BCUT2D eigenvalue weighted by Gasteiger charge is -2.28. The number of sulfone groups is 1. The fourth-order valence-corrected chi connectivity index (χ4v) is 5.41. The normalized spacial score (nSPS) is 11.8. The molecule has 0 saturated heterocycles. The maximum absolute atomic E-state index is 13.3. The Bertz CT molecular complexity index is 1230. The average molecular weight is 484 g/mol. The van der Waals surface area contributed by atoms with E-state index in [-0.39, 0.29) is 35.4 Å². The van der Waals surface area contributed by atoms with Gasteiger partial charge < -0.3 is 14.2 Å². The van der Waals surface area contributed by atoms with Crippen LogP contribution < -0.4 is 4.74 Å². The summed E-state index contributed by atoms with van der Waals surface area (Å²) in [6.07, 6.45) is 1.57. The summed E-state index contributed by atoms with van der Waals surface area (Å²) in [6, 6.07) is 14.2. The molecule has 3 aromatic rings. The summed E-state index contributed by atoms with van der Waals surface area (Å²) in [5.41, 5.74) is 3.00. The van der Waals surface area contributed by atoms with Gasteiger partial charge in [0, 0.05) is 17.6 Å². The minimum Gasteiger partial charge on any atom is -0.497 e. The molecule has 0 spiro atoms. The number of carbonyl (C=O) groups excluding carboxylic acids is 1. The SMILES string of the molecule is COc1ccc(C(=O)N(Cc2cnc(S(=O)(=O)Cc3ccc(C)cc3)n2C(C)C)C(C)C)cc1. The lowest BCUT2D eigenvalue weighted by Crippen LogP contribution is -2.37. The molecule has 0 aliphatic rings. The zero-order valence-corrected chi connectivity index (χ0v) is 21.5. The highest BCUT2D eigenvalue weighted by molar-refractivity contribution is 7.90. The van der Waals surface area contributed by atoms with Crippen molar-refractivity contribution in [2.24, 2.45) is 0 Å². The second-order valence-electron chi connectivity index (χ2n) is 9.00. The van der Waals surface area contributed by atoms with E-state index in [1.165, 1.54) is 0 Å². The molecule has 0 aliphatic heterocycles. The minimum absolute atomic E-state index is 0.0266. The van der Waals surface area contributed by atoms with Gasteiger partial charge in [0.1, 0.15) is 5.75 Å². The Hall–Kier alpha value is -3.13. The maximum Gasteiger partial charge on any atom is 0.254 e. The first-order chi connectivity index (χ1) is 16.0. The van der Waals surface area contributed by atoms with Crippen LogP contribution in [0, 0.1) is 6.92 Å². The fourth-order valence-electron chi connectivity index (χ4n) is 3.81. The number of amides is 1. The largest absolute Gasteiger partial charge is 0.497 e. The number of aryl methyl sites for hydroxylation is 1. The molecule has 3 rings (SSSR count). The lowest BCUT2D eigenvalue weighted by atomic mass is 10.1. The van der Waals surface area contributed by atoms with E-state index >= 15 is 0 Å². The number of benzene rings is 2. The van der Waals surface area contributed by atoms with Gasteiger partial charge in [-0.3, -0.25) is 4.79 Å². The standard InChI is InChI=1S/C26H33N3O4S/c1-18(2)28(25(30)22-11-13-24(33-6)14-12-22)16-23-15-27-26(29(23)19(3)4)34(31,32)17-21-9-7-20(5)8-10-21/h7-15,18-19H,16-17H2,1-6H3. The average Bonchev–Trinajstić information content (AvgIpc) is 3.23. The smallest absolute Gasteiger partial charge is 0.254 e. The quantitative estimate of drug-likeness (QED) is 0.436. The van der Waals surface area contributed by atoms with Gasteiger partial charge in [-0.2, -0.15) is 0 Å². The van der Waals surface area contributed by atoms with Crippen LogP contribution in [-0.4, -0.2) is 41.9 Å². The second-order valence-corrected chi connectivity index (χ2v) is 10.9. The summed E-state index contributed by atoms with van der Waals surface area (Å²) in [5.74, 6) is 0.405. The van der Waals surface area contributed by atoms with Crippen LogP contribution in [0.2, 0.25) is 0 Å². The molecule has 1 aromatic heterocycles. The van der Waals surface area contributed by atoms with Crippen LogP contribution in [0.3, 0.4) is 0 Å². The van der Waals surface area contributed by atoms with Gasteiger partial charge in [0.05, 0.1) is 31.3 Å². The molecule has 0 radical (unpaired) electrons. The van der Waals surface area contributed by atoms with Crippen LogP contribution in [-0.2, 0) is 22.1 Å². The van der Waals surface area contributed by atoms with E-state index in [1.54, 1.807) is 47.0 Å². The van der Waals surface area contributed by atoms with Crippen LogP contribution in [0.4, 0.5) is 0 Å². The van der Waals surface area contributed by atoms with Gasteiger partial charge in [-0.15, -0.1) is 0 Å². The number of imidazole rings is 1. The summed E-state index contributed by atoms with van der Waals surface area (Å²) >= 11 is 0. The lowest BCUT2D eigenvalue weighted by molar-refractivity contribution is 0.0684. The molecule has 1 amide bonds. The van der Waals surface area contributed by atoms with E-state index in [0.717, 1.165) is 5.56 Å². The van der Waals surface area contributed by atoms with E-state index in [1.807, 2.05) is 58.9 Å². The molecular formula is C26H33N3O4S. The summed E-state index contributed by atoms with van der Waals surface area (Å²) in [4.78, 5) is 19.3. The number of methoxy groups -OCH3 is 1. The van der Waals surface area contributed by atoms with Crippen LogP contribution in [0.15, 0.2) is 59.9 Å². The molecule has 1 heterocycles. The molecule has 0 aliphatic carbocycles. The molecule has 7 nitrogen and oxygen atoms in total. The van der Waals surface area contributed by atoms with Gasteiger partial charge in [0.25, 0.3) is 5.91 Å². The van der Waals surface area contributed by atoms with E-state index in [2.05, 4.69) is 4.98 Å². The first-order valence-electron chi connectivity index (χ1n) is 11.3. The molecule has 0 N–H and O–H groups in total. The van der Waals surface area contributed by atoms with Gasteiger partial charge in [0.2, 0.25) is 15.0 Å². The van der Waals surface area contributed by atoms with Crippen molar-refractivity contribution in [1.29, 1.82) is 0 Å². The van der Waals surface area contributed by atoms with E-state index in [9.17, 15) is 13.2 Å². The third-order valence-corrected chi connectivity index (χ3v) is 7.24.